The molecule has 7 nitrogen and oxygen atoms in total. The average Bonchev–Trinajstić information content (AvgIpc) is 3.63. The number of aromatic nitrogens is 2. The molecule has 0 unspecified atom stereocenters. The Balaban J connectivity index is 1.19. The van der Waals surface area contributed by atoms with Crippen LogP contribution in [0.4, 0.5) is 15.8 Å². The lowest BCUT2D eigenvalue weighted by atomic mass is 10.0. The molecule has 3 aliphatic rings. The molecular formula is C30H38FN5O2. The van der Waals surface area contributed by atoms with Gasteiger partial charge in [0.25, 0.3) is 5.88 Å². The number of rotatable bonds is 9. The second-order valence-electron chi connectivity index (χ2n) is 10.8. The van der Waals surface area contributed by atoms with Crippen molar-refractivity contribution >= 4 is 22.4 Å². The summed E-state index contributed by atoms with van der Waals surface area (Å²) < 4.78 is 25.6. The minimum Gasteiger partial charge on any atom is -0.488 e. The van der Waals surface area contributed by atoms with Crippen LogP contribution in [0.5, 0.6) is 11.6 Å². The van der Waals surface area contributed by atoms with E-state index in [1.807, 2.05) is 12.1 Å². The summed E-state index contributed by atoms with van der Waals surface area (Å²) in [7, 11) is 1.65. The first-order valence-corrected chi connectivity index (χ1v) is 14.2. The van der Waals surface area contributed by atoms with Crippen molar-refractivity contribution < 1.29 is 13.9 Å². The molecule has 3 aromatic rings. The fourth-order valence-corrected chi connectivity index (χ4v) is 6.19. The normalized spacial score (nSPS) is 18.2. The van der Waals surface area contributed by atoms with Gasteiger partial charge in [0.15, 0.2) is 5.75 Å². The van der Waals surface area contributed by atoms with Crippen molar-refractivity contribution in [3.8, 4) is 11.6 Å². The van der Waals surface area contributed by atoms with Crippen LogP contribution in [-0.2, 0) is 12.8 Å². The fraction of sp³-hybridized carbons (Fsp3) is 0.533. The van der Waals surface area contributed by atoms with Gasteiger partial charge in [-0.1, -0.05) is 6.07 Å². The van der Waals surface area contributed by atoms with E-state index in [1.54, 1.807) is 19.2 Å². The molecule has 4 heterocycles. The molecule has 1 N–H and O–H groups in total. The van der Waals surface area contributed by atoms with E-state index in [0.717, 1.165) is 80.6 Å². The third-order valence-corrected chi connectivity index (χ3v) is 8.20. The molecule has 6 rings (SSSR count). The summed E-state index contributed by atoms with van der Waals surface area (Å²) in [6, 6.07) is 9.23. The molecule has 2 saturated heterocycles. The highest BCUT2D eigenvalue weighted by molar-refractivity contribution is 5.92. The van der Waals surface area contributed by atoms with Crippen LogP contribution in [0.25, 0.3) is 11.0 Å². The van der Waals surface area contributed by atoms with E-state index in [0.29, 0.717) is 24.3 Å². The number of hydrogen-bond donors (Lipinski definition) is 1. The predicted octanol–water partition coefficient (Wildman–Crippen LogP) is 5.21. The standard InChI is InChI=1S/C30H38FN5O2/c1-37-30-27(38-18-6-15-35-13-2-3-14-35)20-26-29(34-30)28(24-9-5-10-25(24)33-26)32-22-11-16-36(17-12-22)23-8-4-7-21(31)19-23/h4,7-8,19-20,22H,2-3,5-6,9-18H2,1H3,(H,32,33). The number of hydrogen-bond acceptors (Lipinski definition) is 7. The molecule has 0 spiro atoms. The second-order valence-corrected chi connectivity index (χ2v) is 10.8. The van der Waals surface area contributed by atoms with Crippen LogP contribution >= 0.6 is 0 Å². The smallest absolute Gasteiger partial charge is 0.257 e. The number of aryl methyl sites for hydroxylation is 1. The van der Waals surface area contributed by atoms with E-state index in [4.69, 9.17) is 19.4 Å². The number of fused-ring (bicyclic) bond motifs is 2. The van der Waals surface area contributed by atoms with E-state index in [1.165, 1.54) is 43.3 Å². The molecular weight excluding hydrogens is 481 g/mol. The molecule has 0 radical (unpaired) electrons. The monoisotopic (exact) mass is 519 g/mol. The van der Waals surface area contributed by atoms with Crippen LogP contribution in [0.3, 0.4) is 0 Å². The lowest BCUT2D eigenvalue weighted by Crippen LogP contribution is -2.39. The van der Waals surface area contributed by atoms with Gasteiger partial charge < -0.3 is 24.6 Å². The molecule has 202 valence electrons. The maximum Gasteiger partial charge on any atom is 0.257 e. The zero-order valence-electron chi connectivity index (χ0n) is 22.3. The number of pyridine rings is 2. The van der Waals surface area contributed by atoms with E-state index < -0.39 is 0 Å². The minimum atomic E-state index is -0.184. The number of benzene rings is 1. The number of halogens is 1. The van der Waals surface area contributed by atoms with Crippen molar-refractivity contribution in [2.75, 3.05) is 56.7 Å². The molecule has 0 saturated carbocycles. The first-order valence-electron chi connectivity index (χ1n) is 14.2. The van der Waals surface area contributed by atoms with E-state index in [-0.39, 0.29) is 5.82 Å². The largest absolute Gasteiger partial charge is 0.488 e. The first kappa shape index (κ1) is 25.2. The third-order valence-electron chi connectivity index (χ3n) is 8.20. The third kappa shape index (κ3) is 5.37. The van der Waals surface area contributed by atoms with Crippen LogP contribution < -0.4 is 19.7 Å². The van der Waals surface area contributed by atoms with Crippen molar-refractivity contribution in [3.63, 3.8) is 0 Å². The summed E-state index contributed by atoms with van der Waals surface area (Å²) in [5, 5.41) is 3.86. The Labute approximate surface area is 224 Å². The van der Waals surface area contributed by atoms with Gasteiger partial charge in [0.2, 0.25) is 0 Å². The van der Waals surface area contributed by atoms with Gasteiger partial charge in [-0.2, -0.15) is 0 Å². The minimum absolute atomic E-state index is 0.184. The van der Waals surface area contributed by atoms with Crippen LogP contribution in [0.1, 0.15) is 49.8 Å². The summed E-state index contributed by atoms with van der Waals surface area (Å²) in [6.45, 7) is 5.89. The van der Waals surface area contributed by atoms with Gasteiger partial charge in [0.05, 0.1) is 24.9 Å². The Morgan fingerprint density at radius 2 is 1.87 bits per heavy atom. The number of likely N-dealkylation sites (tertiary alicyclic amines) is 1. The highest BCUT2D eigenvalue weighted by atomic mass is 19.1. The second kappa shape index (κ2) is 11.3. The van der Waals surface area contributed by atoms with Crippen LogP contribution in [0, 0.1) is 5.82 Å². The van der Waals surface area contributed by atoms with Gasteiger partial charge in [-0.05, 0) is 88.2 Å². The predicted molar refractivity (Wildman–Crippen MR) is 149 cm³/mol. The van der Waals surface area contributed by atoms with Crippen molar-refractivity contribution in [2.45, 2.75) is 57.4 Å². The zero-order chi connectivity index (χ0) is 25.9. The Morgan fingerprint density at radius 1 is 1.03 bits per heavy atom. The number of ether oxygens (including phenoxy) is 2. The SMILES string of the molecule is COc1nc2c(NC3CCN(c4cccc(F)c4)CC3)c3c(nc2cc1OCCCN1CCCC1)CCC3. The van der Waals surface area contributed by atoms with Gasteiger partial charge in [0, 0.05) is 43.1 Å². The molecule has 8 heteroatoms. The summed E-state index contributed by atoms with van der Waals surface area (Å²) in [4.78, 5) is 14.7. The first-order chi connectivity index (χ1) is 18.7. The Hall–Kier alpha value is -3.13. The maximum atomic E-state index is 13.7. The molecule has 0 atom stereocenters. The van der Waals surface area contributed by atoms with E-state index in [9.17, 15) is 4.39 Å². The van der Waals surface area contributed by atoms with Gasteiger partial charge in [-0.15, -0.1) is 0 Å². The van der Waals surface area contributed by atoms with Gasteiger partial charge in [-0.25, -0.2) is 9.37 Å². The quantitative estimate of drug-likeness (QED) is 0.389. The van der Waals surface area contributed by atoms with Crippen molar-refractivity contribution in [1.29, 1.82) is 0 Å². The molecule has 2 aromatic heterocycles. The number of methoxy groups -OCH3 is 1. The van der Waals surface area contributed by atoms with Gasteiger partial charge in [0.1, 0.15) is 11.3 Å². The Kier molecular flexibility index (Phi) is 7.49. The summed E-state index contributed by atoms with van der Waals surface area (Å²) in [5.41, 5.74) is 6.24. The van der Waals surface area contributed by atoms with Crippen LogP contribution in [-0.4, -0.2) is 67.4 Å². The maximum absolute atomic E-state index is 13.7. The molecule has 1 aliphatic carbocycles. The van der Waals surface area contributed by atoms with Crippen LogP contribution in [0.15, 0.2) is 30.3 Å². The van der Waals surface area contributed by atoms with E-state index >= 15 is 0 Å². The van der Waals surface area contributed by atoms with Crippen molar-refractivity contribution in [1.82, 2.24) is 14.9 Å². The summed E-state index contributed by atoms with van der Waals surface area (Å²) in [6.07, 6.45) is 8.68. The van der Waals surface area contributed by atoms with Gasteiger partial charge in [-0.3, -0.25) is 4.98 Å². The lowest BCUT2D eigenvalue weighted by molar-refractivity contribution is 0.252. The number of anilines is 2. The Bertz CT molecular complexity index is 1270. The lowest BCUT2D eigenvalue weighted by Gasteiger charge is -2.35. The van der Waals surface area contributed by atoms with E-state index in [2.05, 4.69) is 15.1 Å². The highest BCUT2D eigenvalue weighted by Crippen LogP contribution is 2.38. The number of nitrogens with one attached hydrogen (secondary N) is 1. The van der Waals surface area contributed by atoms with Gasteiger partial charge >= 0.3 is 0 Å². The molecule has 2 fully saturated rings. The molecule has 38 heavy (non-hydrogen) atoms. The number of nitrogens with zero attached hydrogens (tertiary/aromatic N) is 4. The molecule has 0 amide bonds. The average molecular weight is 520 g/mol. The summed E-state index contributed by atoms with van der Waals surface area (Å²) >= 11 is 0. The summed E-state index contributed by atoms with van der Waals surface area (Å²) in [5.74, 6) is 1.00. The topological polar surface area (TPSA) is 62.8 Å². The van der Waals surface area contributed by atoms with Crippen molar-refractivity contribution in [2.24, 2.45) is 0 Å². The molecule has 0 bridgehead atoms. The molecule has 2 aliphatic heterocycles. The fourth-order valence-electron chi connectivity index (χ4n) is 6.19. The Morgan fingerprint density at radius 3 is 2.66 bits per heavy atom. The van der Waals surface area contributed by atoms with Crippen LogP contribution in [0.2, 0.25) is 0 Å². The highest BCUT2D eigenvalue weighted by Gasteiger charge is 2.26. The zero-order valence-corrected chi connectivity index (χ0v) is 22.3. The van der Waals surface area contributed by atoms with Crippen molar-refractivity contribution in [3.05, 3.63) is 47.4 Å². The molecule has 1 aromatic carbocycles. The number of piperidine rings is 1.